The fourth-order valence-corrected chi connectivity index (χ4v) is 4.28. The number of aryl methyl sites for hydroxylation is 2. The molecular formula is C19H28N6O2. The summed E-state index contributed by atoms with van der Waals surface area (Å²) < 4.78 is 7.10. The van der Waals surface area contributed by atoms with Gasteiger partial charge in [0.1, 0.15) is 5.76 Å². The number of carbonyl (C=O) groups is 1. The predicted molar refractivity (Wildman–Crippen MR) is 99.2 cm³/mol. The standard InChI is InChI=1S/C19H28N6O2/c1-13-17(14(2)27-22-13)11-24-9-5-8-16(24)10-25-12-18(21-23-25)19(26)20-15-6-3-4-7-15/h12,15-16H,3-11H2,1-2H3,(H,20,26)/t16-/m0/s1. The Morgan fingerprint density at radius 1 is 1.26 bits per heavy atom. The Kier molecular flexibility index (Phi) is 5.24. The highest BCUT2D eigenvalue weighted by atomic mass is 16.5. The summed E-state index contributed by atoms with van der Waals surface area (Å²) in [6, 6.07) is 0.675. The van der Waals surface area contributed by atoms with Gasteiger partial charge in [-0.3, -0.25) is 14.4 Å². The Bertz CT molecular complexity index is 772. The number of nitrogens with one attached hydrogen (secondary N) is 1. The van der Waals surface area contributed by atoms with E-state index in [1.165, 1.54) is 18.4 Å². The van der Waals surface area contributed by atoms with Crippen LogP contribution < -0.4 is 5.32 Å². The van der Waals surface area contributed by atoms with Gasteiger partial charge in [-0.2, -0.15) is 0 Å². The van der Waals surface area contributed by atoms with Crippen LogP contribution >= 0.6 is 0 Å². The third-order valence-electron chi connectivity index (χ3n) is 5.90. The van der Waals surface area contributed by atoms with E-state index in [0.29, 0.717) is 17.8 Å². The second kappa shape index (κ2) is 7.80. The van der Waals surface area contributed by atoms with Crippen molar-refractivity contribution >= 4 is 5.91 Å². The highest BCUT2D eigenvalue weighted by molar-refractivity contribution is 5.92. The van der Waals surface area contributed by atoms with E-state index in [2.05, 4.69) is 25.7 Å². The zero-order valence-electron chi connectivity index (χ0n) is 16.1. The van der Waals surface area contributed by atoms with E-state index in [0.717, 1.165) is 56.8 Å². The van der Waals surface area contributed by atoms with Crippen LogP contribution in [0.15, 0.2) is 10.7 Å². The van der Waals surface area contributed by atoms with Gasteiger partial charge in [0.25, 0.3) is 5.91 Å². The molecular weight excluding hydrogens is 344 g/mol. The van der Waals surface area contributed by atoms with E-state index in [-0.39, 0.29) is 5.91 Å². The van der Waals surface area contributed by atoms with Crippen LogP contribution in [0.25, 0.3) is 0 Å². The Labute approximate surface area is 159 Å². The lowest BCUT2D eigenvalue weighted by Crippen LogP contribution is -2.33. The minimum atomic E-state index is -0.104. The lowest BCUT2D eigenvalue weighted by molar-refractivity contribution is 0.0932. The normalized spacial score (nSPS) is 21.2. The molecule has 1 aliphatic heterocycles. The molecule has 8 nitrogen and oxygen atoms in total. The molecule has 1 amide bonds. The van der Waals surface area contributed by atoms with Crippen molar-refractivity contribution in [2.75, 3.05) is 6.54 Å². The van der Waals surface area contributed by atoms with Gasteiger partial charge >= 0.3 is 0 Å². The molecule has 1 saturated heterocycles. The molecule has 4 rings (SSSR count). The first-order chi connectivity index (χ1) is 13.1. The lowest BCUT2D eigenvalue weighted by atomic mass is 10.1. The molecule has 1 N–H and O–H groups in total. The number of hydrogen-bond acceptors (Lipinski definition) is 6. The van der Waals surface area contributed by atoms with Crippen LogP contribution in [0.2, 0.25) is 0 Å². The Hall–Kier alpha value is -2.22. The average Bonchev–Trinajstić information content (AvgIpc) is 3.42. The van der Waals surface area contributed by atoms with Crippen LogP contribution in [-0.2, 0) is 13.1 Å². The number of nitrogens with zero attached hydrogens (tertiary/aromatic N) is 5. The molecule has 0 bridgehead atoms. The van der Waals surface area contributed by atoms with Crippen LogP contribution in [0.4, 0.5) is 0 Å². The number of aromatic nitrogens is 4. The van der Waals surface area contributed by atoms with E-state index in [1.807, 2.05) is 13.8 Å². The van der Waals surface area contributed by atoms with Crippen molar-refractivity contribution in [3.8, 4) is 0 Å². The monoisotopic (exact) mass is 372 g/mol. The van der Waals surface area contributed by atoms with Gasteiger partial charge in [0.05, 0.1) is 18.4 Å². The van der Waals surface area contributed by atoms with Crippen LogP contribution in [0.5, 0.6) is 0 Å². The number of carbonyl (C=O) groups excluding carboxylic acids is 1. The molecule has 8 heteroatoms. The summed E-state index contributed by atoms with van der Waals surface area (Å²) in [5.74, 6) is 0.789. The van der Waals surface area contributed by atoms with Gasteiger partial charge in [-0.1, -0.05) is 23.2 Å². The number of likely N-dealkylation sites (tertiary alicyclic amines) is 1. The van der Waals surface area contributed by atoms with E-state index in [4.69, 9.17) is 4.52 Å². The number of hydrogen-bond donors (Lipinski definition) is 1. The number of amides is 1. The van der Waals surface area contributed by atoms with Gasteiger partial charge in [0, 0.05) is 24.2 Å². The molecule has 1 saturated carbocycles. The Morgan fingerprint density at radius 2 is 2.07 bits per heavy atom. The molecule has 1 aliphatic carbocycles. The molecule has 3 heterocycles. The summed E-state index contributed by atoms with van der Waals surface area (Å²) in [7, 11) is 0. The summed E-state index contributed by atoms with van der Waals surface area (Å²) in [5, 5.41) is 15.4. The molecule has 2 fully saturated rings. The first-order valence-corrected chi connectivity index (χ1v) is 9.97. The minimum absolute atomic E-state index is 0.104. The van der Waals surface area contributed by atoms with Crippen molar-refractivity contribution in [1.82, 2.24) is 30.4 Å². The van der Waals surface area contributed by atoms with Crippen molar-refractivity contribution in [2.24, 2.45) is 0 Å². The molecule has 0 spiro atoms. The summed E-state index contributed by atoms with van der Waals surface area (Å²) in [4.78, 5) is 14.8. The second-order valence-corrected chi connectivity index (χ2v) is 7.85. The van der Waals surface area contributed by atoms with Gasteiger partial charge in [-0.25, -0.2) is 0 Å². The molecule has 2 aromatic rings. The summed E-state index contributed by atoms with van der Waals surface area (Å²) in [6.45, 7) is 6.59. The van der Waals surface area contributed by atoms with Gasteiger partial charge in [0.15, 0.2) is 5.69 Å². The maximum absolute atomic E-state index is 12.3. The Balaban J connectivity index is 1.37. The van der Waals surface area contributed by atoms with Crippen LogP contribution in [0.3, 0.4) is 0 Å². The third-order valence-corrected chi connectivity index (χ3v) is 5.90. The highest BCUT2D eigenvalue weighted by Gasteiger charge is 2.27. The molecule has 0 radical (unpaired) electrons. The zero-order valence-corrected chi connectivity index (χ0v) is 16.1. The van der Waals surface area contributed by atoms with Crippen LogP contribution in [0.1, 0.15) is 66.0 Å². The molecule has 2 aromatic heterocycles. The van der Waals surface area contributed by atoms with E-state index in [9.17, 15) is 4.79 Å². The van der Waals surface area contributed by atoms with Crippen LogP contribution in [0, 0.1) is 13.8 Å². The van der Waals surface area contributed by atoms with Crippen molar-refractivity contribution < 1.29 is 9.32 Å². The fraction of sp³-hybridized carbons (Fsp3) is 0.684. The smallest absolute Gasteiger partial charge is 0.273 e. The minimum Gasteiger partial charge on any atom is -0.361 e. The van der Waals surface area contributed by atoms with Crippen molar-refractivity contribution in [1.29, 1.82) is 0 Å². The first kappa shape index (κ1) is 18.2. The molecule has 0 unspecified atom stereocenters. The molecule has 2 aliphatic rings. The maximum atomic E-state index is 12.3. The second-order valence-electron chi connectivity index (χ2n) is 7.85. The van der Waals surface area contributed by atoms with Gasteiger partial charge in [-0.05, 0) is 46.1 Å². The van der Waals surface area contributed by atoms with Crippen molar-refractivity contribution in [3.63, 3.8) is 0 Å². The zero-order chi connectivity index (χ0) is 18.8. The molecule has 0 aromatic carbocycles. The largest absolute Gasteiger partial charge is 0.361 e. The molecule has 146 valence electrons. The van der Waals surface area contributed by atoms with Crippen LogP contribution in [-0.4, -0.2) is 49.6 Å². The average molecular weight is 372 g/mol. The predicted octanol–water partition coefficient (Wildman–Crippen LogP) is 2.22. The fourth-order valence-electron chi connectivity index (χ4n) is 4.28. The third kappa shape index (κ3) is 4.05. The summed E-state index contributed by atoms with van der Waals surface area (Å²) in [6.07, 6.45) is 8.58. The lowest BCUT2D eigenvalue weighted by Gasteiger charge is -2.24. The SMILES string of the molecule is Cc1noc(C)c1CN1CCC[C@H]1Cn1cc(C(=O)NC2CCCC2)nn1. The quantitative estimate of drug-likeness (QED) is 0.836. The van der Waals surface area contributed by atoms with Gasteiger partial charge < -0.3 is 9.84 Å². The van der Waals surface area contributed by atoms with Gasteiger partial charge in [0.2, 0.25) is 0 Å². The topological polar surface area (TPSA) is 89.1 Å². The van der Waals surface area contributed by atoms with E-state index in [1.54, 1.807) is 10.9 Å². The van der Waals surface area contributed by atoms with Gasteiger partial charge in [-0.15, -0.1) is 5.10 Å². The summed E-state index contributed by atoms with van der Waals surface area (Å²) >= 11 is 0. The Morgan fingerprint density at radius 3 is 2.81 bits per heavy atom. The molecule has 27 heavy (non-hydrogen) atoms. The molecule has 1 atom stereocenters. The summed E-state index contributed by atoms with van der Waals surface area (Å²) in [5.41, 5.74) is 2.55. The number of rotatable bonds is 6. The van der Waals surface area contributed by atoms with E-state index >= 15 is 0 Å². The van der Waals surface area contributed by atoms with Crippen molar-refractivity contribution in [3.05, 3.63) is 28.9 Å². The van der Waals surface area contributed by atoms with E-state index < -0.39 is 0 Å². The first-order valence-electron chi connectivity index (χ1n) is 9.97. The maximum Gasteiger partial charge on any atom is 0.273 e. The van der Waals surface area contributed by atoms with Crippen molar-refractivity contribution in [2.45, 2.75) is 77.5 Å². The highest BCUT2D eigenvalue weighted by Crippen LogP contribution is 2.24.